The quantitative estimate of drug-likeness (QED) is 0.559. The fourth-order valence-electron chi connectivity index (χ4n) is 2.76. The summed E-state index contributed by atoms with van der Waals surface area (Å²) in [5.74, 6) is 0.886. The van der Waals surface area contributed by atoms with Crippen LogP contribution in [-0.4, -0.2) is 15.3 Å². The fraction of sp³-hybridized carbons (Fsp3) is 0.0952. The molecule has 0 bridgehead atoms. The number of rotatable bonds is 4. The van der Waals surface area contributed by atoms with Crippen LogP contribution in [0.2, 0.25) is 0 Å². The Morgan fingerprint density at radius 1 is 1.04 bits per heavy atom. The largest absolute Gasteiger partial charge is 0.457 e. The Bertz CT molecular complexity index is 1210. The van der Waals surface area contributed by atoms with Gasteiger partial charge in [0.1, 0.15) is 17.1 Å². The highest BCUT2D eigenvalue weighted by Gasteiger charge is 2.16. The maximum atomic E-state index is 12.7. The molecule has 4 rings (SSSR count). The number of nitrogens with one attached hydrogen (secondary N) is 1. The molecule has 0 saturated carbocycles. The molecule has 6 nitrogen and oxygen atoms in total. The summed E-state index contributed by atoms with van der Waals surface area (Å²) in [6, 6.07) is 16.4. The van der Waals surface area contributed by atoms with Crippen LogP contribution in [0.5, 0.6) is 11.5 Å². The molecule has 0 fully saturated rings. The zero-order valence-corrected chi connectivity index (χ0v) is 16.1. The molecule has 2 aromatic carbocycles. The number of para-hydroxylation sites is 1. The lowest BCUT2D eigenvalue weighted by Gasteiger charge is -2.08. The van der Waals surface area contributed by atoms with E-state index in [9.17, 15) is 9.59 Å². The van der Waals surface area contributed by atoms with Gasteiger partial charge in [-0.2, -0.15) is 0 Å². The summed E-state index contributed by atoms with van der Waals surface area (Å²) in [5.41, 5.74) is 0.999. The number of fused-ring (bicyclic) bond motifs is 1. The van der Waals surface area contributed by atoms with E-state index in [1.807, 2.05) is 44.2 Å². The highest BCUT2D eigenvalue weighted by atomic mass is 32.1. The second-order valence-electron chi connectivity index (χ2n) is 6.23. The van der Waals surface area contributed by atoms with Crippen molar-refractivity contribution in [2.45, 2.75) is 13.8 Å². The van der Waals surface area contributed by atoms with Gasteiger partial charge in [-0.1, -0.05) is 18.2 Å². The molecule has 1 amide bonds. The van der Waals surface area contributed by atoms with Crippen LogP contribution < -0.4 is 15.6 Å². The molecular weight excluding hydrogens is 374 g/mol. The van der Waals surface area contributed by atoms with E-state index in [2.05, 4.69) is 10.3 Å². The first kappa shape index (κ1) is 17.9. The topological polar surface area (TPSA) is 72.7 Å². The van der Waals surface area contributed by atoms with Crippen LogP contribution in [-0.2, 0) is 0 Å². The van der Waals surface area contributed by atoms with Gasteiger partial charge in [-0.05, 0) is 50.2 Å². The molecule has 140 valence electrons. The maximum absolute atomic E-state index is 12.7. The second kappa shape index (κ2) is 7.28. The summed E-state index contributed by atoms with van der Waals surface area (Å²) in [6.45, 7) is 3.77. The number of nitrogens with zero attached hydrogens (tertiary/aromatic N) is 2. The van der Waals surface area contributed by atoms with Crippen LogP contribution in [0.15, 0.2) is 65.6 Å². The van der Waals surface area contributed by atoms with Gasteiger partial charge >= 0.3 is 0 Å². The highest BCUT2D eigenvalue weighted by molar-refractivity contribution is 7.17. The van der Waals surface area contributed by atoms with Crippen LogP contribution in [0.4, 0.5) is 5.69 Å². The maximum Gasteiger partial charge on any atom is 0.271 e. The minimum Gasteiger partial charge on any atom is -0.457 e. The highest BCUT2D eigenvalue weighted by Crippen LogP contribution is 2.23. The Labute approximate surface area is 165 Å². The van der Waals surface area contributed by atoms with Gasteiger partial charge in [-0.25, -0.2) is 4.98 Å². The Morgan fingerprint density at radius 3 is 2.43 bits per heavy atom. The van der Waals surface area contributed by atoms with Gasteiger partial charge in [0, 0.05) is 22.5 Å². The van der Waals surface area contributed by atoms with E-state index in [1.165, 1.54) is 21.9 Å². The number of hydrogen-bond acceptors (Lipinski definition) is 5. The van der Waals surface area contributed by atoms with E-state index in [1.54, 1.807) is 24.3 Å². The van der Waals surface area contributed by atoms with Crippen molar-refractivity contribution in [1.29, 1.82) is 0 Å². The molecule has 2 heterocycles. The summed E-state index contributed by atoms with van der Waals surface area (Å²) in [7, 11) is 0. The van der Waals surface area contributed by atoms with E-state index >= 15 is 0 Å². The molecule has 0 aliphatic heterocycles. The molecule has 0 radical (unpaired) electrons. The van der Waals surface area contributed by atoms with Crippen molar-refractivity contribution >= 4 is 27.9 Å². The van der Waals surface area contributed by atoms with Crippen LogP contribution in [0.1, 0.15) is 20.9 Å². The first-order valence-corrected chi connectivity index (χ1v) is 9.46. The van der Waals surface area contributed by atoms with Crippen molar-refractivity contribution in [2.75, 3.05) is 5.32 Å². The zero-order chi connectivity index (χ0) is 19.7. The second-order valence-corrected chi connectivity index (χ2v) is 7.41. The molecule has 0 unspecified atom stereocenters. The summed E-state index contributed by atoms with van der Waals surface area (Å²) >= 11 is 1.43. The minimum atomic E-state index is -0.494. The predicted octanol–water partition coefficient (Wildman–Crippen LogP) is 4.42. The fourth-order valence-corrected chi connectivity index (χ4v) is 3.69. The molecule has 0 spiro atoms. The summed E-state index contributed by atoms with van der Waals surface area (Å²) < 4.78 is 7.21. The number of hydrogen-bond donors (Lipinski definition) is 1. The van der Waals surface area contributed by atoms with Gasteiger partial charge in [-0.3, -0.25) is 14.0 Å². The van der Waals surface area contributed by atoms with Gasteiger partial charge in [0.2, 0.25) is 0 Å². The normalized spacial score (nSPS) is 10.8. The molecule has 0 aliphatic rings. The van der Waals surface area contributed by atoms with E-state index in [-0.39, 0.29) is 11.1 Å². The Hall–Kier alpha value is -3.45. The predicted molar refractivity (Wildman–Crippen MR) is 110 cm³/mol. The zero-order valence-electron chi connectivity index (χ0n) is 15.3. The number of ether oxygens (including phenoxy) is 1. The molecular formula is C21H17N3O3S. The molecule has 1 N–H and O–H groups in total. The van der Waals surface area contributed by atoms with Gasteiger partial charge < -0.3 is 10.1 Å². The van der Waals surface area contributed by atoms with Crippen LogP contribution in [0.25, 0.3) is 4.96 Å². The van der Waals surface area contributed by atoms with Crippen LogP contribution in [0.3, 0.4) is 0 Å². The van der Waals surface area contributed by atoms with E-state index < -0.39 is 5.91 Å². The molecule has 7 heteroatoms. The van der Waals surface area contributed by atoms with Gasteiger partial charge in [-0.15, -0.1) is 11.3 Å². The third kappa shape index (κ3) is 3.39. The molecule has 28 heavy (non-hydrogen) atoms. The number of thiazole rings is 1. The Balaban J connectivity index is 1.54. The number of benzene rings is 2. The average Bonchev–Trinajstić information content (AvgIpc) is 2.99. The molecule has 2 aromatic heterocycles. The summed E-state index contributed by atoms with van der Waals surface area (Å²) in [4.78, 5) is 31.1. The minimum absolute atomic E-state index is 0.00279. The van der Waals surface area contributed by atoms with E-state index in [0.29, 0.717) is 16.4 Å². The molecule has 0 aliphatic carbocycles. The van der Waals surface area contributed by atoms with E-state index in [0.717, 1.165) is 16.3 Å². The number of aromatic nitrogens is 2. The van der Waals surface area contributed by atoms with Crippen molar-refractivity contribution in [3.63, 3.8) is 0 Å². The van der Waals surface area contributed by atoms with Gasteiger partial charge in [0.25, 0.3) is 11.5 Å². The number of anilines is 1. The lowest BCUT2D eigenvalue weighted by molar-refractivity contribution is 0.102. The first-order chi connectivity index (χ1) is 13.5. The van der Waals surface area contributed by atoms with E-state index in [4.69, 9.17) is 4.74 Å². The third-order valence-electron chi connectivity index (χ3n) is 4.35. The number of aryl methyl sites for hydroxylation is 2. The van der Waals surface area contributed by atoms with Crippen molar-refractivity contribution in [3.05, 3.63) is 87.3 Å². The van der Waals surface area contributed by atoms with Crippen molar-refractivity contribution in [1.82, 2.24) is 9.38 Å². The number of amides is 1. The molecule has 0 atom stereocenters. The van der Waals surface area contributed by atoms with Crippen molar-refractivity contribution in [2.24, 2.45) is 0 Å². The Kier molecular flexibility index (Phi) is 4.67. The number of carbonyl (C=O) groups excluding carboxylic acids is 1. The number of carbonyl (C=O) groups is 1. The smallest absolute Gasteiger partial charge is 0.271 e. The Morgan fingerprint density at radius 2 is 1.71 bits per heavy atom. The van der Waals surface area contributed by atoms with Crippen LogP contribution in [0, 0.1) is 13.8 Å². The summed E-state index contributed by atoms with van der Waals surface area (Å²) in [5, 5.41) is 2.74. The van der Waals surface area contributed by atoms with Gasteiger partial charge in [0.05, 0.1) is 0 Å². The molecule has 4 aromatic rings. The standard InChI is InChI=1S/C21H17N3O3S/c1-13-14(2)28-21-22-12-18(20(26)24(13)21)19(25)23-15-8-10-17(11-9-15)27-16-6-4-3-5-7-16/h3-12H,1-2H3,(H,23,25). The lowest BCUT2D eigenvalue weighted by Crippen LogP contribution is -2.26. The lowest BCUT2D eigenvalue weighted by atomic mass is 10.2. The summed E-state index contributed by atoms with van der Waals surface area (Å²) in [6.07, 6.45) is 1.33. The monoisotopic (exact) mass is 391 g/mol. The SMILES string of the molecule is Cc1sc2ncc(C(=O)Nc3ccc(Oc4ccccc4)cc3)c(=O)n2c1C. The van der Waals surface area contributed by atoms with Crippen molar-refractivity contribution in [3.8, 4) is 11.5 Å². The first-order valence-electron chi connectivity index (χ1n) is 8.65. The third-order valence-corrected chi connectivity index (χ3v) is 5.43. The van der Waals surface area contributed by atoms with Gasteiger partial charge in [0.15, 0.2) is 4.96 Å². The van der Waals surface area contributed by atoms with Crippen LogP contribution >= 0.6 is 11.3 Å². The van der Waals surface area contributed by atoms with Crippen molar-refractivity contribution < 1.29 is 9.53 Å². The molecule has 0 saturated heterocycles. The average molecular weight is 391 g/mol.